The zero-order chi connectivity index (χ0) is 14.5. The number of nitro groups is 1. The summed E-state index contributed by atoms with van der Waals surface area (Å²) in [5.41, 5.74) is 1.19. The summed E-state index contributed by atoms with van der Waals surface area (Å²) in [6, 6.07) is 5.00. The van der Waals surface area contributed by atoms with Crippen molar-refractivity contribution in [3.63, 3.8) is 0 Å². The molecule has 1 N–H and O–H groups in total. The van der Waals surface area contributed by atoms with Gasteiger partial charge < -0.3 is 4.98 Å². The highest BCUT2D eigenvalue weighted by molar-refractivity contribution is 5.96. The van der Waals surface area contributed by atoms with E-state index < -0.39 is 4.92 Å². The molecule has 7 heteroatoms. The molecule has 0 spiro atoms. The van der Waals surface area contributed by atoms with Crippen molar-refractivity contribution in [3.8, 4) is 0 Å². The molecule has 2 aromatic rings. The predicted octanol–water partition coefficient (Wildman–Crippen LogP) is 1.63. The first-order valence-electron chi connectivity index (χ1n) is 5.99. The topological polar surface area (TPSA) is 92.1 Å². The number of likely N-dealkylation sites (N-methyl/N-ethyl adjacent to an activating group) is 1. The Bertz CT molecular complexity index is 609. The second-order valence-corrected chi connectivity index (χ2v) is 4.48. The summed E-state index contributed by atoms with van der Waals surface area (Å²) in [4.78, 5) is 30.4. The van der Waals surface area contributed by atoms with Crippen LogP contribution in [0.5, 0.6) is 0 Å². The van der Waals surface area contributed by atoms with Gasteiger partial charge in [0.15, 0.2) is 5.78 Å². The van der Waals surface area contributed by atoms with E-state index in [2.05, 4.69) is 9.97 Å². The van der Waals surface area contributed by atoms with Crippen molar-refractivity contribution in [2.75, 3.05) is 13.6 Å². The summed E-state index contributed by atoms with van der Waals surface area (Å²) < 4.78 is 0. The zero-order valence-corrected chi connectivity index (χ0v) is 10.9. The predicted molar refractivity (Wildman–Crippen MR) is 72.3 cm³/mol. The molecule has 0 saturated heterocycles. The minimum Gasteiger partial charge on any atom is -0.353 e. The molecule has 7 nitrogen and oxygen atoms in total. The molecule has 0 aliphatic carbocycles. The van der Waals surface area contributed by atoms with Crippen molar-refractivity contribution in [2.24, 2.45) is 0 Å². The second-order valence-electron chi connectivity index (χ2n) is 4.48. The Labute approximate surface area is 115 Å². The van der Waals surface area contributed by atoms with Crippen LogP contribution in [0.25, 0.3) is 0 Å². The smallest absolute Gasteiger partial charge is 0.287 e. The van der Waals surface area contributed by atoms with Gasteiger partial charge in [-0.2, -0.15) is 0 Å². The van der Waals surface area contributed by atoms with Crippen LogP contribution in [0.4, 0.5) is 5.69 Å². The number of aromatic nitrogens is 2. The molecule has 0 saturated carbocycles. The maximum absolute atomic E-state index is 12.0. The Balaban J connectivity index is 1.95. The van der Waals surface area contributed by atoms with E-state index in [1.54, 1.807) is 12.4 Å². The summed E-state index contributed by atoms with van der Waals surface area (Å²) in [7, 11) is 1.82. The third-order valence-corrected chi connectivity index (χ3v) is 2.79. The lowest BCUT2D eigenvalue weighted by Crippen LogP contribution is -2.25. The van der Waals surface area contributed by atoms with Gasteiger partial charge in [-0.15, -0.1) is 0 Å². The van der Waals surface area contributed by atoms with Gasteiger partial charge in [0.25, 0.3) is 5.69 Å². The van der Waals surface area contributed by atoms with Crippen LogP contribution in [-0.4, -0.2) is 39.2 Å². The maximum atomic E-state index is 12.0. The summed E-state index contributed by atoms with van der Waals surface area (Å²) in [6.45, 7) is 0.789. The van der Waals surface area contributed by atoms with E-state index in [-0.39, 0.29) is 23.7 Å². The van der Waals surface area contributed by atoms with Crippen molar-refractivity contribution in [2.45, 2.75) is 6.54 Å². The van der Waals surface area contributed by atoms with Crippen LogP contribution >= 0.6 is 0 Å². The van der Waals surface area contributed by atoms with Crippen LogP contribution in [0.2, 0.25) is 0 Å². The molecule has 0 aliphatic rings. The molecule has 0 unspecified atom stereocenters. The molecule has 2 heterocycles. The Hall–Kier alpha value is -2.54. The first-order valence-corrected chi connectivity index (χ1v) is 5.99. The van der Waals surface area contributed by atoms with Crippen LogP contribution in [0.1, 0.15) is 16.1 Å². The molecule has 2 rings (SSSR count). The lowest BCUT2D eigenvalue weighted by Gasteiger charge is -2.15. The summed E-state index contributed by atoms with van der Waals surface area (Å²) in [6.07, 6.45) is 4.61. The number of carbonyl (C=O) groups excluding carboxylic acids is 1. The van der Waals surface area contributed by atoms with E-state index in [0.29, 0.717) is 6.54 Å². The van der Waals surface area contributed by atoms with Crippen LogP contribution in [0.15, 0.2) is 36.8 Å². The fourth-order valence-corrected chi connectivity index (χ4v) is 1.84. The molecule has 2 aromatic heterocycles. The molecule has 0 aliphatic heterocycles. The number of nitrogens with zero attached hydrogens (tertiary/aromatic N) is 3. The van der Waals surface area contributed by atoms with Crippen molar-refractivity contribution in [3.05, 3.63) is 58.2 Å². The highest BCUT2D eigenvalue weighted by Gasteiger charge is 2.15. The highest BCUT2D eigenvalue weighted by atomic mass is 16.6. The van der Waals surface area contributed by atoms with Crippen LogP contribution in [0, 0.1) is 10.1 Å². The normalized spacial score (nSPS) is 10.7. The SMILES string of the molecule is CN(CC(=O)c1cc([N+](=O)[O-])c[nH]1)Cc1ccncc1. The zero-order valence-electron chi connectivity index (χ0n) is 10.9. The Morgan fingerprint density at radius 1 is 1.45 bits per heavy atom. The van der Waals surface area contributed by atoms with E-state index in [1.807, 2.05) is 24.1 Å². The van der Waals surface area contributed by atoms with Crippen molar-refractivity contribution in [1.29, 1.82) is 0 Å². The third kappa shape index (κ3) is 3.48. The van der Waals surface area contributed by atoms with E-state index in [4.69, 9.17) is 0 Å². The number of nitrogens with one attached hydrogen (secondary N) is 1. The highest BCUT2D eigenvalue weighted by Crippen LogP contribution is 2.13. The van der Waals surface area contributed by atoms with Gasteiger partial charge in [-0.25, -0.2) is 0 Å². The monoisotopic (exact) mass is 274 g/mol. The van der Waals surface area contributed by atoms with Gasteiger partial charge in [-0.1, -0.05) is 0 Å². The Morgan fingerprint density at radius 3 is 2.75 bits per heavy atom. The molecular weight excluding hydrogens is 260 g/mol. The fourth-order valence-electron chi connectivity index (χ4n) is 1.84. The molecule has 0 amide bonds. The largest absolute Gasteiger partial charge is 0.353 e. The molecule has 104 valence electrons. The van der Waals surface area contributed by atoms with Crippen LogP contribution < -0.4 is 0 Å². The van der Waals surface area contributed by atoms with E-state index in [0.717, 1.165) is 5.56 Å². The second kappa shape index (κ2) is 6.07. The summed E-state index contributed by atoms with van der Waals surface area (Å²) in [5.74, 6) is -0.186. The van der Waals surface area contributed by atoms with Crippen molar-refractivity contribution < 1.29 is 9.72 Å². The van der Waals surface area contributed by atoms with Crippen LogP contribution in [-0.2, 0) is 6.54 Å². The molecule has 0 atom stereocenters. The molecule has 0 bridgehead atoms. The number of Topliss-reactive ketones (excluding diaryl/α,β-unsaturated/α-hetero) is 1. The number of rotatable bonds is 6. The number of carbonyl (C=O) groups is 1. The van der Waals surface area contributed by atoms with Gasteiger partial charge >= 0.3 is 0 Å². The van der Waals surface area contributed by atoms with Gasteiger partial charge in [0, 0.05) is 25.0 Å². The number of H-pyrrole nitrogens is 1. The van der Waals surface area contributed by atoms with E-state index in [1.165, 1.54) is 12.3 Å². The number of hydrogen-bond donors (Lipinski definition) is 1. The molecular formula is C13H14N4O3. The number of hydrogen-bond acceptors (Lipinski definition) is 5. The first kappa shape index (κ1) is 13.9. The first-order chi connectivity index (χ1) is 9.56. The van der Waals surface area contributed by atoms with Gasteiger partial charge in [0.05, 0.1) is 23.4 Å². The minimum absolute atomic E-state index is 0.106. The third-order valence-electron chi connectivity index (χ3n) is 2.79. The molecule has 0 fully saturated rings. The molecule has 0 radical (unpaired) electrons. The average Bonchev–Trinajstić information content (AvgIpc) is 2.89. The van der Waals surface area contributed by atoms with Crippen LogP contribution in [0.3, 0.4) is 0 Å². The standard InChI is InChI=1S/C13H14N4O3/c1-16(8-10-2-4-14-5-3-10)9-13(18)12-6-11(7-15-12)17(19)20/h2-7,15H,8-9H2,1H3. The number of ketones is 1. The fraction of sp³-hybridized carbons (Fsp3) is 0.231. The van der Waals surface area contributed by atoms with E-state index in [9.17, 15) is 14.9 Å². The van der Waals surface area contributed by atoms with Gasteiger partial charge in [-0.3, -0.25) is 24.8 Å². The lowest BCUT2D eigenvalue weighted by atomic mass is 10.2. The Morgan fingerprint density at radius 2 is 2.15 bits per heavy atom. The maximum Gasteiger partial charge on any atom is 0.287 e. The van der Waals surface area contributed by atoms with E-state index >= 15 is 0 Å². The van der Waals surface area contributed by atoms with Gasteiger partial charge in [0.1, 0.15) is 0 Å². The average molecular weight is 274 g/mol. The van der Waals surface area contributed by atoms with Crippen molar-refractivity contribution >= 4 is 11.5 Å². The summed E-state index contributed by atoms with van der Waals surface area (Å²) in [5, 5.41) is 10.6. The lowest BCUT2D eigenvalue weighted by molar-refractivity contribution is -0.384. The van der Waals surface area contributed by atoms with Gasteiger partial charge in [-0.05, 0) is 24.7 Å². The summed E-state index contributed by atoms with van der Waals surface area (Å²) >= 11 is 0. The molecule has 20 heavy (non-hydrogen) atoms. The Kier molecular flexibility index (Phi) is 4.21. The minimum atomic E-state index is -0.534. The number of pyridine rings is 1. The molecule has 0 aromatic carbocycles. The number of aromatic amines is 1. The quantitative estimate of drug-likeness (QED) is 0.491. The van der Waals surface area contributed by atoms with Crippen molar-refractivity contribution in [1.82, 2.24) is 14.9 Å². The van der Waals surface area contributed by atoms with Gasteiger partial charge in [0.2, 0.25) is 0 Å².